The Bertz CT molecular complexity index is 2200. The SMILES string of the molecule is CN=C(C1=Cc2cc(OC)ccc2-c2c(C3CCCCC3)c3ccc(C(=O)NS(=O)(=O)C4CCCC4)cc3n2C1)C(=CN)C(=O)N1C(C)CCCC12CO2. The van der Waals surface area contributed by atoms with Crippen LogP contribution >= 0.6 is 0 Å². The average molecular weight is 754 g/mol. The summed E-state index contributed by atoms with van der Waals surface area (Å²) in [7, 11) is -0.478. The van der Waals surface area contributed by atoms with Gasteiger partial charge in [-0.1, -0.05) is 38.2 Å². The molecule has 2 saturated heterocycles. The molecule has 3 aliphatic heterocycles. The molecule has 0 radical (unpaired) electrons. The van der Waals surface area contributed by atoms with E-state index in [9.17, 15) is 18.0 Å². The van der Waals surface area contributed by atoms with Gasteiger partial charge in [-0.25, -0.2) is 13.1 Å². The third-order valence-corrected chi connectivity index (χ3v) is 14.3. The predicted octanol–water partition coefficient (Wildman–Crippen LogP) is 6.80. The lowest BCUT2D eigenvalue weighted by Crippen LogP contribution is -2.52. The summed E-state index contributed by atoms with van der Waals surface area (Å²) in [4.78, 5) is 34.9. The van der Waals surface area contributed by atoms with E-state index < -0.39 is 26.9 Å². The molecule has 5 aliphatic rings. The highest BCUT2D eigenvalue weighted by Crippen LogP contribution is 2.48. The highest BCUT2D eigenvalue weighted by Gasteiger charge is 2.56. The normalized spacial score (nSPS) is 23.9. The molecule has 2 saturated carbocycles. The number of ether oxygens (including phenoxy) is 2. The lowest BCUT2D eigenvalue weighted by atomic mass is 9.81. The Morgan fingerprint density at radius 1 is 1.02 bits per heavy atom. The van der Waals surface area contributed by atoms with Crippen LogP contribution in [0.25, 0.3) is 28.2 Å². The van der Waals surface area contributed by atoms with Crippen LogP contribution in [0.1, 0.15) is 111 Å². The van der Waals surface area contributed by atoms with Gasteiger partial charge in [0.1, 0.15) is 5.75 Å². The van der Waals surface area contributed by atoms with Crippen molar-refractivity contribution in [3.63, 3.8) is 0 Å². The minimum absolute atomic E-state index is 0.0185. The first-order chi connectivity index (χ1) is 26.1. The van der Waals surface area contributed by atoms with Gasteiger partial charge in [0.25, 0.3) is 11.8 Å². The Hall–Kier alpha value is -4.42. The number of fused-ring (bicyclic) bond motifs is 5. The average Bonchev–Trinajstić information content (AvgIpc) is 3.59. The molecule has 3 N–H and O–H groups in total. The highest BCUT2D eigenvalue weighted by atomic mass is 32.2. The van der Waals surface area contributed by atoms with Crippen molar-refractivity contribution in [2.75, 3.05) is 20.8 Å². The summed E-state index contributed by atoms with van der Waals surface area (Å²) < 4.78 is 42.7. The maximum atomic E-state index is 14.5. The number of nitrogens with two attached hydrogens (primary N) is 1. The Kier molecular flexibility index (Phi) is 9.71. The number of nitrogens with zero attached hydrogens (tertiary/aromatic N) is 3. The summed E-state index contributed by atoms with van der Waals surface area (Å²) >= 11 is 0. The monoisotopic (exact) mass is 753 g/mol. The second kappa shape index (κ2) is 14.3. The summed E-state index contributed by atoms with van der Waals surface area (Å²) in [5, 5.41) is 0.480. The fourth-order valence-electron chi connectivity index (χ4n) is 9.69. The molecular weight excluding hydrogens is 703 g/mol. The number of hydrogen-bond donors (Lipinski definition) is 2. The third-order valence-electron chi connectivity index (χ3n) is 12.5. The number of methoxy groups -OCH3 is 1. The maximum Gasteiger partial charge on any atom is 0.264 e. The zero-order valence-electron chi connectivity index (χ0n) is 31.5. The number of carbonyl (C=O) groups excluding carboxylic acids is 2. The molecule has 2 unspecified atom stereocenters. The van der Waals surface area contributed by atoms with E-state index in [0.29, 0.717) is 48.9 Å². The van der Waals surface area contributed by atoms with Gasteiger partial charge in [-0.3, -0.25) is 14.6 Å². The van der Waals surface area contributed by atoms with Crippen LogP contribution in [0.3, 0.4) is 0 Å². The number of amides is 2. The Labute approximate surface area is 317 Å². The topological polar surface area (TPSA) is 149 Å². The van der Waals surface area contributed by atoms with E-state index in [1.165, 1.54) is 18.2 Å². The number of sulfonamides is 1. The molecule has 1 spiro atoms. The molecule has 11 nitrogen and oxygen atoms in total. The number of carbonyl (C=O) groups is 2. The van der Waals surface area contributed by atoms with Crippen molar-refractivity contribution in [3.05, 3.63) is 70.4 Å². The second-order valence-corrected chi connectivity index (χ2v) is 17.7. The molecule has 8 rings (SSSR count). The molecule has 1 aromatic heterocycles. The van der Waals surface area contributed by atoms with Crippen molar-refractivity contribution < 1.29 is 27.5 Å². The zero-order chi connectivity index (χ0) is 37.8. The molecule has 286 valence electrons. The van der Waals surface area contributed by atoms with Gasteiger partial charge >= 0.3 is 0 Å². The van der Waals surface area contributed by atoms with E-state index in [2.05, 4.69) is 28.4 Å². The maximum absolute atomic E-state index is 14.5. The molecule has 4 fully saturated rings. The number of epoxide rings is 1. The summed E-state index contributed by atoms with van der Waals surface area (Å²) in [5.41, 5.74) is 12.6. The van der Waals surface area contributed by atoms with E-state index >= 15 is 0 Å². The van der Waals surface area contributed by atoms with Gasteiger partial charge in [0.2, 0.25) is 10.0 Å². The van der Waals surface area contributed by atoms with Crippen LogP contribution in [0.5, 0.6) is 5.75 Å². The molecule has 2 atom stereocenters. The van der Waals surface area contributed by atoms with Crippen molar-refractivity contribution in [3.8, 4) is 17.0 Å². The van der Waals surface area contributed by atoms with Crippen molar-refractivity contribution in [2.45, 2.75) is 113 Å². The number of hydrogen-bond acceptors (Lipinski definition) is 8. The van der Waals surface area contributed by atoms with E-state index in [4.69, 9.17) is 20.2 Å². The van der Waals surface area contributed by atoms with Gasteiger partial charge in [-0.15, -0.1) is 0 Å². The summed E-state index contributed by atoms with van der Waals surface area (Å²) in [6.45, 7) is 2.90. The van der Waals surface area contributed by atoms with Crippen LogP contribution < -0.4 is 15.2 Å². The van der Waals surface area contributed by atoms with Gasteiger partial charge in [-0.2, -0.15) is 0 Å². The number of benzene rings is 2. The van der Waals surface area contributed by atoms with Crippen LogP contribution in [0, 0.1) is 0 Å². The first kappa shape index (κ1) is 36.6. The fourth-order valence-corrected chi connectivity index (χ4v) is 11.2. The Morgan fingerprint density at radius 3 is 2.44 bits per heavy atom. The first-order valence-electron chi connectivity index (χ1n) is 19.6. The van der Waals surface area contributed by atoms with E-state index in [1.54, 1.807) is 20.2 Å². The van der Waals surface area contributed by atoms with Gasteiger partial charge in [0.05, 0.1) is 42.5 Å². The smallest absolute Gasteiger partial charge is 0.264 e. The zero-order valence-corrected chi connectivity index (χ0v) is 32.3. The minimum atomic E-state index is -3.81. The molecule has 0 bridgehead atoms. The molecule has 3 aromatic rings. The number of aromatic nitrogens is 1. The molecule has 2 aliphatic carbocycles. The van der Waals surface area contributed by atoms with Crippen molar-refractivity contribution >= 4 is 44.5 Å². The van der Waals surface area contributed by atoms with Crippen molar-refractivity contribution in [2.24, 2.45) is 10.7 Å². The van der Waals surface area contributed by atoms with Crippen molar-refractivity contribution in [1.82, 2.24) is 14.2 Å². The van der Waals surface area contributed by atoms with E-state index in [1.807, 2.05) is 29.2 Å². The quantitative estimate of drug-likeness (QED) is 0.146. The van der Waals surface area contributed by atoms with E-state index in [-0.39, 0.29) is 17.5 Å². The standard InChI is InChI=1S/C42H51N5O6S/c1-26-10-9-19-42(25-53-42)47(26)41(49)35(23-43)38(44-2)30-20-29-21-31(52-3)16-18-33(29)39-37(27-11-5-4-6-12-27)34-17-15-28(22-36(34)46(39)24-30)40(48)45-54(50,51)32-13-7-8-14-32/h15-18,20-23,26-27,32H,4-14,19,24-25,43H2,1-3H3,(H,45,48). The fraction of sp³-hybridized carbons (Fsp3) is 0.500. The number of nitrogens with one attached hydrogen (secondary N) is 1. The molecule has 12 heteroatoms. The molecule has 54 heavy (non-hydrogen) atoms. The van der Waals surface area contributed by atoms with Gasteiger partial charge in [0.15, 0.2) is 5.72 Å². The summed E-state index contributed by atoms with van der Waals surface area (Å²) in [6, 6.07) is 11.6. The summed E-state index contributed by atoms with van der Waals surface area (Å²) in [5.74, 6) is 0.162. The summed E-state index contributed by atoms with van der Waals surface area (Å²) in [6.07, 6.45) is 14.5. The van der Waals surface area contributed by atoms with Crippen LogP contribution in [0.2, 0.25) is 0 Å². The molecule has 4 heterocycles. The van der Waals surface area contributed by atoms with Crippen LogP contribution in [-0.2, 0) is 26.1 Å². The second-order valence-electron chi connectivity index (χ2n) is 15.7. The minimum Gasteiger partial charge on any atom is -0.497 e. The number of rotatable bonds is 8. The lowest BCUT2D eigenvalue weighted by molar-refractivity contribution is -0.138. The number of piperidine rings is 1. The predicted molar refractivity (Wildman–Crippen MR) is 211 cm³/mol. The largest absolute Gasteiger partial charge is 0.497 e. The van der Waals surface area contributed by atoms with Gasteiger partial charge in [-0.05, 0) is 111 Å². The Morgan fingerprint density at radius 2 is 1.76 bits per heavy atom. The lowest BCUT2D eigenvalue weighted by Gasteiger charge is -2.39. The molecule has 2 aromatic carbocycles. The van der Waals surface area contributed by atoms with Gasteiger partial charge < -0.3 is 24.7 Å². The third kappa shape index (κ3) is 6.34. The first-order valence-corrected chi connectivity index (χ1v) is 21.1. The number of allylic oxidation sites excluding steroid dienone is 1. The molecular formula is C42H51N5O6S. The van der Waals surface area contributed by atoms with E-state index in [0.717, 1.165) is 91.1 Å². The van der Waals surface area contributed by atoms with Crippen LogP contribution in [0.4, 0.5) is 0 Å². The Balaban J connectivity index is 1.28. The molecule has 2 amide bonds. The number of aliphatic imine (C=N–C) groups is 1. The highest BCUT2D eigenvalue weighted by molar-refractivity contribution is 7.90. The van der Waals surface area contributed by atoms with Crippen LogP contribution in [0.15, 0.2) is 58.7 Å². The van der Waals surface area contributed by atoms with Crippen LogP contribution in [-0.4, -0.2) is 73.2 Å². The van der Waals surface area contributed by atoms with Gasteiger partial charge in [0, 0.05) is 41.3 Å². The number of likely N-dealkylation sites (tertiary alicyclic amines) is 1. The van der Waals surface area contributed by atoms with Crippen molar-refractivity contribution in [1.29, 1.82) is 0 Å².